The number of hydrogen-bond donors (Lipinski definition) is 1. The minimum atomic E-state index is -1.24. The first-order valence-electron chi connectivity index (χ1n) is 11.9. The molecule has 1 aliphatic heterocycles. The lowest BCUT2D eigenvalue weighted by Crippen LogP contribution is -2.43. The molecule has 1 amide bonds. The summed E-state index contributed by atoms with van der Waals surface area (Å²) < 4.78 is 13.8. The van der Waals surface area contributed by atoms with Crippen LogP contribution in [0.15, 0.2) is 18.5 Å². The van der Waals surface area contributed by atoms with E-state index in [2.05, 4.69) is 41.0 Å². The minimum absolute atomic E-state index is 0.0686. The summed E-state index contributed by atoms with van der Waals surface area (Å²) in [5, 5.41) is 14.2. The Morgan fingerprint density at radius 2 is 2.17 bits per heavy atom. The van der Waals surface area contributed by atoms with Crippen molar-refractivity contribution < 1.29 is 14.3 Å². The van der Waals surface area contributed by atoms with Gasteiger partial charge in [0.05, 0.1) is 23.3 Å². The Balaban J connectivity index is 1.76. The fraction of sp³-hybridized carbons (Fsp3) is 0.500. The first kappa shape index (κ1) is 25.4. The fourth-order valence-electron chi connectivity index (χ4n) is 4.30. The predicted molar refractivity (Wildman–Crippen MR) is 139 cm³/mol. The molecule has 0 spiro atoms. The molecule has 0 aromatic carbocycles. The highest BCUT2D eigenvalue weighted by Crippen LogP contribution is 2.39. The van der Waals surface area contributed by atoms with Crippen molar-refractivity contribution in [2.75, 3.05) is 26.2 Å². The van der Waals surface area contributed by atoms with E-state index >= 15 is 0 Å². The molecule has 3 aromatic heterocycles. The number of rotatable bonds is 8. The molecule has 1 saturated heterocycles. The van der Waals surface area contributed by atoms with E-state index in [0.29, 0.717) is 29.6 Å². The second-order valence-corrected chi connectivity index (χ2v) is 15.9. The minimum Gasteiger partial charge on any atom is -0.408 e. The van der Waals surface area contributed by atoms with Crippen LogP contribution >= 0.6 is 11.6 Å². The van der Waals surface area contributed by atoms with Crippen molar-refractivity contribution in [1.82, 2.24) is 24.8 Å². The molecule has 4 heterocycles. The molecule has 3 aromatic rings. The largest absolute Gasteiger partial charge is 0.415 e. The normalized spacial score (nSPS) is 16.1. The molecule has 35 heavy (non-hydrogen) atoms. The highest BCUT2D eigenvalue weighted by molar-refractivity contribution is 6.76. The number of carbonyl (C=O) groups is 1. The van der Waals surface area contributed by atoms with Gasteiger partial charge in [-0.15, -0.1) is 0 Å². The van der Waals surface area contributed by atoms with Crippen LogP contribution in [0.5, 0.6) is 5.75 Å². The molecule has 1 N–H and O–H groups in total. The van der Waals surface area contributed by atoms with Crippen molar-refractivity contribution in [2.24, 2.45) is 0 Å². The van der Waals surface area contributed by atoms with Gasteiger partial charge in [-0.3, -0.25) is 4.57 Å². The Morgan fingerprint density at radius 3 is 2.83 bits per heavy atom. The first-order valence-corrected chi connectivity index (χ1v) is 16.0. The van der Waals surface area contributed by atoms with Gasteiger partial charge < -0.3 is 19.7 Å². The highest BCUT2D eigenvalue weighted by atomic mass is 35.5. The van der Waals surface area contributed by atoms with Gasteiger partial charge in [-0.2, -0.15) is 5.26 Å². The number of hydrogen-bond acceptors (Lipinski definition) is 7. The summed E-state index contributed by atoms with van der Waals surface area (Å²) in [6.07, 6.45) is 3.51. The summed E-state index contributed by atoms with van der Waals surface area (Å²) in [5.74, 6) is 0.229. The van der Waals surface area contributed by atoms with Crippen molar-refractivity contribution in [3.8, 4) is 11.8 Å². The summed E-state index contributed by atoms with van der Waals surface area (Å²) in [6, 6.07) is 4.85. The number of nitriles is 1. The van der Waals surface area contributed by atoms with E-state index in [1.807, 2.05) is 11.5 Å². The maximum absolute atomic E-state index is 13.2. The van der Waals surface area contributed by atoms with Crippen molar-refractivity contribution in [3.63, 3.8) is 0 Å². The fourth-order valence-corrected chi connectivity index (χ4v) is 5.24. The Kier molecular flexibility index (Phi) is 7.61. The quantitative estimate of drug-likeness (QED) is 0.345. The number of aromatic nitrogens is 3. The summed E-state index contributed by atoms with van der Waals surface area (Å²) in [4.78, 5) is 23.7. The van der Waals surface area contributed by atoms with Gasteiger partial charge in [-0.05, 0) is 32.0 Å². The number of nitrogens with zero attached hydrogens (tertiary/aromatic N) is 5. The van der Waals surface area contributed by atoms with E-state index in [9.17, 15) is 10.1 Å². The Bertz CT molecular complexity index is 1280. The average Bonchev–Trinajstić information content (AvgIpc) is 3.45. The predicted octanol–water partition coefficient (Wildman–Crippen LogP) is 4.60. The number of ether oxygens (including phenoxy) is 2. The summed E-state index contributed by atoms with van der Waals surface area (Å²) in [5.41, 5.74) is 1.54. The molecular formula is C24H31ClN6O3Si. The number of fused-ring (bicyclic) bond motifs is 3. The lowest BCUT2D eigenvalue weighted by Gasteiger charge is -2.26. The number of likely N-dealkylation sites (N-methyl/N-ethyl adjacent to an activating group) is 1. The Morgan fingerprint density at radius 1 is 1.37 bits per heavy atom. The van der Waals surface area contributed by atoms with Crippen LogP contribution < -0.4 is 10.1 Å². The van der Waals surface area contributed by atoms with Gasteiger partial charge in [0.2, 0.25) is 0 Å². The zero-order valence-corrected chi connectivity index (χ0v) is 22.4. The van der Waals surface area contributed by atoms with Gasteiger partial charge >= 0.3 is 6.09 Å². The topological polar surface area (TPSA) is 105 Å². The number of nitrogens with one attached hydrogen (secondary N) is 1. The van der Waals surface area contributed by atoms with E-state index < -0.39 is 14.2 Å². The standard InChI is InChI=1S/C24H31ClN6O3Si/c1-5-30(17-6-7-27-12-17)24(32)34-22-19(25)13-29-23-21(22)18-10-16(11-26)28-14-20(18)31(23)15-33-8-9-35(2,3)4/h10,13-14,17,27H,5-9,12,15H2,1-4H3. The molecule has 0 saturated carbocycles. The van der Waals surface area contributed by atoms with Crippen LogP contribution in [0.25, 0.3) is 21.9 Å². The molecular weight excluding hydrogens is 484 g/mol. The van der Waals surface area contributed by atoms with E-state index in [1.165, 1.54) is 6.20 Å². The monoisotopic (exact) mass is 514 g/mol. The summed E-state index contributed by atoms with van der Waals surface area (Å²) in [7, 11) is -1.24. The van der Waals surface area contributed by atoms with Gasteiger partial charge in [-0.25, -0.2) is 14.8 Å². The zero-order valence-electron chi connectivity index (χ0n) is 20.6. The SMILES string of the molecule is CCN(C(=O)Oc1c(Cl)cnc2c1c1cc(C#N)ncc1n2COCC[Si](C)(C)C)C1CCNC1. The molecule has 1 fully saturated rings. The molecule has 1 atom stereocenters. The molecule has 11 heteroatoms. The van der Waals surface area contributed by atoms with Crippen LogP contribution in [0.4, 0.5) is 4.79 Å². The van der Waals surface area contributed by atoms with Crippen LogP contribution in [0.1, 0.15) is 19.0 Å². The van der Waals surface area contributed by atoms with Gasteiger partial charge in [0.25, 0.3) is 0 Å². The Hall–Kier alpha value is -2.71. The number of pyridine rings is 2. The number of carbonyl (C=O) groups excluding carboxylic acids is 1. The van der Waals surface area contributed by atoms with Crippen molar-refractivity contribution in [2.45, 2.75) is 51.8 Å². The molecule has 1 aliphatic rings. The molecule has 1 unspecified atom stereocenters. The van der Waals surface area contributed by atoms with Crippen molar-refractivity contribution in [3.05, 3.63) is 29.2 Å². The van der Waals surface area contributed by atoms with Crippen LogP contribution in [-0.2, 0) is 11.5 Å². The van der Waals surface area contributed by atoms with E-state index in [-0.39, 0.29) is 29.2 Å². The second kappa shape index (κ2) is 10.5. The van der Waals surface area contributed by atoms with Gasteiger partial charge in [0.15, 0.2) is 5.75 Å². The van der Waals surface area contributed by atoms with Crippen molar-refractivity contribution >= 4 is 47.7 Å². The third kappa shape index (κ3) is 5.43. The molecule has 0 radical (unpaired) electrons. The van der Waals surface area contributed by atoms with Gasteiger partial charge in [0.1, 0.15) is 29.2 Å². The van der Waals surface area contributed by atoms with Crippen LogP contribution in [-0.4, -0.2) is 65.9 Å². The van der Waals surface area contributed by atoms with Gasteiger partial charge in [-0.1, -0.05) is 31.2 Å². The van der Waals surface area contributed by atoms with Gasteiger partial charge in [0, 0.05) is 39.2 Å². The average molecular weight is 515 g/mol. The van der Waals surface area contributed by atoms with Crippen LogP contribution in [0.2, 0.25) is 30.7 Å². The zero-order chi connectivity index (χ0) is 25.2. The third-order valence-corrected chi connectivity index (χ3v) is 8.21. The number of halogens is 1. The second-order valence-electron chi connectivity index (χ2n) is 9.91. The lowest BCUT2D eigenvalue weighted by molar-refractivity contribution is 0.0925. The maximum Gasteiger partial charge on any atom is 0.415 e. The van der Waals surface area contributed by atoms with E-state index in [0.717, 1.165) is 31.1 Å². The summed E-state index contributed by atoms with van der Waals surface area (Å²) in [6.45, 7) is 11.8. The molecule has 0 aliphatic carbocycles. The molecule has 4 rings (SSSR count). The third-order valence-electron chi connectivity index (χ3n) is 6.24. The first-order chi connectivity index (χ1) is 16.7. The highest BCUT2D eigenvalue weighted by Gasteiger charge is 2.29. The smallest absolute Gasteiger partial charge is 0.408 e. The molecule has 186 valence electrons. The van der Waals surface area contributed by atoms with Crippen molar-refractivity contribution in [1.29, 1.82) is 5.26 Å². The van der Waals surface area contributed by atoms with Crippen LogP contribution in [0, 0.1) is 11.3 Å². The molecule has 0 bridgehead atoms. The lowest BCUT2D eigenvalue weighted by atomic mass is 10.2. The van der Waals surface area contributed by atoms with E-state index in [4.69, 9.17) is 21.1 Å². The summed E-state index contributed by atoms with van der Waals surface area (Å²) >= 11 is 6.53. The van der Waals surface area contributed by atoms with E-state index in [1.54, 1.807) is 17.2 Å². The molecule has 9 nitrogen and oxygen atoms in total. The number of amides is 1. The Labute approximate surface area is 211 Å². The van der Waals surface area contributed by atoms with Crippen LogP contribution in [0.3, 0.4) is 0 Å². The maximum atomic E-state index is 13.2.